The molecule has 3 aromatic rings. The fraction of sp³-hybridized carbons (Fsp3) is 0.133. The van der Waals surface area contributed by atoms with Gasteiger partial charge in [-0.15, -0.1) is 0 Å². The third-order valence-electron chi connectivity index (χ3n) is 3.79. The Bertz CT molecular complexity index is 756. The van der Waals surface area contributed by atoms with Crippen molar-refractivity contribution in [3.05, 3.63) is 47.5 Å². The SMILES string of the molecule is Nc1cccc2c1CCc1cccc3[nH]nc-2c13. The molecular formula is C15H13N3. The van der Waals surface area contributed by atoms with E-state index in [1.807, 2.05) is 12.1 Å². The molecule has 0 unspecified atom stereocenters. The van der Waals surface area contributed by atoms with Crippen LogP contribution in [0.15, 0.2) is 36.4 Å². The first-order valence-electron chi connectivity index (χ1n) is 6.18. The largest absolute Gasteiger partial charge is 0.398 e. The summed E-state index contributed by atoms with van der Waals surface area (Å²) in [5, 5.41) is 8.86. The summed E-state index contributed by atoms with van der Waals surface area (Å²) < 4.78 is 0. The van der Waals surface area contributed by atoms with Gasteiger partial charge >= 0.3 is 0 Å². The van der Waals surface area contributed by atoms with E-state index in [1.165, 1.54) is 22.1 Å². The molecule has 0 saturated carbocycles. The minimum atomic E-state index is 0.872. The molecule has 4 rings (SSSR count). The van der Waals surface area contributed by atoms with Gasteiger partial charge in [0.05, 0.1) is 5.52 Å². The number of anilines is 1. The number of nitrogen functional groups attached to an aromatic ring is 1. The molecule has 0 fully saturated rings. The number of nitrogens with two attached hydrogens (primary N) is 1. The van der Waals surface area contributed by atoms with E-state index in [0.29, 0.717) is 0 Å². The lowest BCUT2D eigenvalue weighted by atomic mass is 10.0. The second kappa shape index (κ2) is 3.35. The molecule has 0 saturated heterocycles. The number of aromatic nitrogens is 2. The molecule has 0 aliphatic heterocycles. The Kier molecular flexibility index (Phi) is 1.81. The number of aromatic amines is 1. The van der Waals surface area contributed by atoms with Gasteiger partial charge in [-0.2, -0.15) is 5.10 Å². The van der Waals surface area contributed by atoms with Crippen molar-refractivity contribution in [1.29, 1.82) is 0 Å². The zero-order valence-corrected chi connectivity index (χ0v) is 9.90. The lowest BCUT2D eigenvalue weighted by Crippen LogP contribution is -1.97. The monoisotopic (exact) mass is 235 g/mol. The standard InChI is InChI=1S/C15H13N3/c16-12-5-2-4-11-10(12)8-7-9-3-1-6-13-14(9)15(11)18-17-13/h1-6H,7-8,16H2,(H,17,18). The van der Waals surface area contributed by atoms with Crippen molar-refractivity contribution < 1.29 is 0 Å². The van der Waals surface area contributed by atoms with E-state index in [1.54, 1.807) is 0 Å². The van der Waals surface area contributed by atoms with Crippen molar-refractivity contribution in [3.63, 3.8) is 0 Å². The van der Waals surface area contributed by atoms with Gasteiger partial charge in [0.1, 0.15) is 5.69 Å². The van der Waals surface area contributed by atoms with Gasteiger partial charge in [0.2, 0.25) is 0 Å². The predicted molar refractivity (Wildman–Crippen MR) is 73.4 cm³/mol. The van der Waals surface area contributed by atoms with E-state index in [4.69, 9.17) is 5.73 Å². The first kappa shape index (κ1) is 9.71. The number of rotatable bonds is 0. The molecule has 3 N–H and O–H groups in total. The van der Waals surface area contributed by atoms with Crippen LogP contribution in [0.3, 0.4) is 0 Å². The Hall–Kier alpha value is -2.29. The zero-order chi connectivity index (χ0) is 12.1. The van der Waals surface area contributed by atoms with Gasteiger partial charge in [0.15, 0.2) is 0 Å². The summed E-state index contributed by atoms with van der Waals surface area (Å²) in [5.74, 6) is 0. The van der Waals surface area contributed by atoms with Crippen molar-refractivity contribution in [1.82, 2.24) is 10.2 Å². The highest BCUT2D eigenvalue weighted by Gasteiger charge is 2.19. The zero-order valence-electron chi connectivity index (χ0n) is 9.90. The second-order valence-corrected chi connectivity index (χ2v) is 4.79. The van der Waals surface area contributed by atoms with Gasteiger partial charge in [0, 0.05) is 16.6 Å². The Morgan fingerprint density at radius 1 is 1.06 bits per heavy atom. The van der Waals surface area contributed by atoms with Gasteiger partial charge in [-0.3, -0.25) is 5.10 Å². The lowest BCUT2D eigenvalue weighted by molar-refractivity contribution is 0.978. The summed E-state index contributed by atoms with van der Waals surface area (Å²) in [6.45, 7) is 0. The molecule has 1 aliphatic carbocycles. The number of H-pyrrole nitrogens is 1. The van der Waals surface area contributed by atoms with Crippen LogP contribution >= 0.6 is 0 Å². The summed E-state index contributed by atoms with van der Waals surface area (Å²) in [6.07, 6.45) is 2.00. The smallest absolute Gasteiger partial charge is 0.101 e. The normalized spacial score (nSPS) is 13.3. The van der Waals surface area contributed by atoms with Crippen LogP contribution in [-0.4, -0.2) is 10.2 Å². The summed E-state index contributed by atoms with van der Waals surface area (Å²) in [4.78, 5) is 0. The van der Waals surface area contributed by atoms with E-state index >= 15 is 0 Å². The Morgan fingerprint density at radius 3 is 2.89 bits per heavy atom. The topological polar surface area (TPSA) is 54.7 Å². The van der Waals surface area contributed by atoms with Crippen LogP contribution in [0.1, 0.15) is 11.1 Å². The van der Waals surface area contributed by atoms with Crippen molar-refractivity contribution >= 4 is 16.6 Å². The summed E-state index contributed by atoms with van der Waals surface area (Å²) in [6, 6.07) is 12.4. The van der Waals surface area contributed by atoms with E-state index in [-0.39, 0.29) is 0 Å². The third-order valence-corrected chi connectivity index (χ3v) is 3.79. The van der Waals surface area contributed by atoms with E-state index in [2.05, 4.69) is 34.5 Å². The number of aryl methyl sites for hydroxylation is 1. The number of fused-ring (bicyclic) bond motifs is 2. The molecule has 88 valence electrons. The number of hydrogen-bond acceptors (Lipinski definition) is 2. The average molecular weight is 235 g/mol. The van der Waals surface area contributed by atoms with Crippen LogP contribution in [0.5, 0.6) is 0 Å². The Labute approximate surface area is 105 Å². The second-order valence-electron chi connectivity index (χ2n) is 4.79. The van der Waals surface area contributed by atoms with Crippen molar-refractivity contribution in [2.45, 2.75) is 12.8 Å². The predicted octanol–water partition coefficient (Wildman–Crippen LogP) is 2.91. The van der Waals surface area contributed by atoms with Crippen LogP contribution in [0.25, 0.3) is 22.2 Å². The molecule has 1 aliphatic rings. The van der Waals surface area contributed by atoms with Crippen molar-refractivity contribution in [2.24, 2.45) is 0 Å². The summed E-state index contributed by atoms with van der Waals surface area (Å²) in [5.41, 5.74) is 12.9. The van der Waals surface area contributed by atoms with Crippen molar-refractivity contribution in [2.75, 3.05) is 5.73 Å². The average Bonchev–Trinajstić information content (AvgIpc) is 2.73. The number of hydrogen-bond donors (Lipinski definition) is 2. The molecule has 0 atom stereocenters. The first-order valence-corrected chi connectivity index (χ1v) is 6.18. The molecule has 0 amide bonds. The fourth-order valence-electron chi connectivity index (χ4n) is 2.91. The van der Waals surface area contributed by atoms with Gasteiger partial charge in [-0.05, 0) is 36.1 Å². The molecule has 3 nitrogen and oxygen atoms in total. The molecule has 2 aromatic carbocycles. The molecule has 0 radical (unpaired) electrons. The van der Waals surface area contributed by atoms with Crippen LogP contribution in [0.2, 0.25) is 0 Å². The number of nitrogens with one attached hydrogen (secondary N) is 1. The van der Waals surface area contributed by atoms with Gasteiger partial charge in [-0.1, -0.05) is 24.3 Å². The van der Waals surface area contributed by atoms with Gasteiger partial charge in [-0.25, -0.2) is 0 Å². The number of benzene rings is 2. The van der Waals surface area contributed by atoms with Crippen molar-refractivity contribution in [3.8, 4) is 11.3 Å². The van der Waals surface area contributed by atoms with Crippen LogP contribution < -0.4 is 5.73 Å². The molecule has 1 aromatic heterocycles. The number of nitrogens with zero attached hydrogens (tertiary/aromatic N) is 1. The van der Waals surface area contributed by atoms with Gasteiger partial charge < -0.3 is 5.73 Å². The first-order chi connectivity index (χ1) is 8.84. The summed E-state index contributed by atoms with van der Waals surface area (Å²) in [7, 11) is 0. The highest BCUT2D eigenvalue weighted by Crippen LogP contribution is 2.37. The summed E-state index contributed by atoms with van der Waals surface area (Å²) >= 11 is 0. The molecule has 1 heterocycles. The minimum absolute atomic E-state index is 0.872. The molecule has 3 heteroatoms. The molecule has 0 spiro atoms. The maximum Gasteiger partial charge on any atom is 0.101 e. The lowest BCUT2D eigenvalue weighted by Gasteiger charge is -2.07. The minimum Gasteiger partial charge on any atom is -0.398 e. The van der Waals surface area contributed by atoms with Crippen LogP contribution in [0.4, 0.5) is 5.69 Å². The Morgan fingerprint density at radius 2 is 1.94 bits per heavy atom. The fourth-order valence-corrected chi connectivity index (χ4v) is 2.91. The van der Waals surface area contributed by atoms with E-state index in [9.17, 15) is 0 Å². The van der Waals surface area contributed by atoms with Crippen LogP contribution in [-0.2, 0) is 12.8 Å². The Balaban J connectivity index is 2.15. The van der Waals surface area contributed by atoms with E-state index in [0.717, 1.165) is 29.7 Å². The molecule has 18 heavy (non-hydrogen) atoms. The molecular weight excluding hydrogens is 222 g/mol. The maximum absolute atomic E-state index is 6.10. The maximum atomic E-state index is 6.10. The van der Waals surface area contributed by atoms with Crippen LogP contribution in [0, 0.1) is 0 Å². The highest BCUT2D eigenvalue weighted by molar-refractivity contribution is 5.97. The highest BCUT2D eigenvalue weighted by atomic mass is 15.1. The quantitative estimate of drug-likeness (QED) is 0.589. The van der Waals surface area contributed by atoms with E-state index < -0.39 is 0 Å². The van der Waals surface area contributed by atoms with Gasteiger partial charge in [0.25, 0.3) is 0 Å². The third kappa shape index (κ3) is 1.16. The molecule has 0 bridgehead atoms.